The highest BCUT2D eigenvalue weighted by Gasteiger charge is 1.95. The number of halogens is 2. The van der Waals surface area contributed by atoms with Gasteiger partial charge in [-0.1, -0.05) is 12.7 Å². The van der Waals surface area contributed by atoms with Crippen LogP contribution in [0.1, 0.15) is 6.92 Å². The molecule has 0 aromatic heterocycles. The Morgan fingerprint density at radius 1 is 1.36 bits per heavy atom. The van der Waals surface area contributed by atoms with E-state index < -0.39 is 11.6 Å². The molecule has 0 unspecified atom stereocenters. The molecule has 0 radical (unpaired) electrons. The summed E-state index contributed by atoms with van der Waals surface area (Å²) < 4.78 is 25.2. The molecule has 0 aliphatic carbocycles. The standard InChI is InChI=1S/C9H8F2/c1-3-7-4-8(10)5-9(11)6(7)2/h3-5H,2H2,1H3. The summed E-state index contributed by atoms with van der Waals surface area (Å²) in [5, 5.41) is 0.747. The molecule has 0 heterocycles. The first-order valence-corrected chi connectivity index (χ1v) is 3.25. The monoisotopic (exact) mass is 154 g/mol. The molecule has 0 amide bonds. The Labute approximate surface area is 63.5 Å². The predicted octanol–water partition coefficient (Wildman–Crippen LogP) is 1.18. The Morgan fingerprint density at radius 3 is 2.55 bits per heavy atom. The van der Waals surface area contributed by atoms with Gasteiger partial charge in [-0.2, -0.15) is 0 Å². The lowest BCUT2D eigenvalue weighted by molar-refractivity contribution is 0.575. The van der Waals surface area contributed by atoms with Crippen molar-refractivity contribution in [1.29, 1.82) is 0 Å². The number of hydrogen-bond acceptors (Lipinski definition) is 0. The van der Waals surface area contributed by atoms with Crippen molar-refractivity contribution < 1.29 is 8.78 Å². The number of benzene rings is 1. The van der Waals surface area contributed by atoms with Gasteiger partial charge in [0.1, 0.15) is 11.6 Å². The topological polar surface area (TPSA) is 0 Å². The molecule has 0 fully saturated rings. The highest BCUT2D eigenvalue weighted by molar-refractivity contribution is 5.25. The summed E-state index contributed by atoms with van der Waals surface area (Å²) in [6.07, 6.45) is 1.62. The molecular formula is C9H8F2. The summed E-state index contributed by atoms with van der Waals surface area (Å²) in [5.74, 6) is -1.17. The molecule has 0 atom stereocenters. The van der Waals surface area contributed by atoms with Crippen LogP contribution >= 0.6 is 0 Å². The third-order valence-electron chi connectivity index (χ3n) is 1.51. The van der Waals surface area contributed by atoms with Crippen molar-refractivity contribution in [1.82, 2.24) is 0 Å². The van der Waals surface area contributed by atoms with Crippen LogP contribution in [0.15, 0.2) is 12.1 Å². The summed E-state index contributed by atoms with van der Waals surface area (Å²) in [7, 11) is 0. The maximum absolute atomic E-state index is 12.7. The Bertz CT molecular complexity index is 366. The molecule has 0 saturated carbocycles. The van der Waals surface area contributed by atoms with Crippen molar-refractivity contribution in [3.05, 3.63) is 34.2 Å². The van der Waals surface area contributed by atoms with E-state index in [-0.39, 0.29) is 5.22 Å². The molecular weight excluding hydrogens is 146 g/mol. The van der Waals surface area contributed by atoms with Crippen LogP contribution in [-0.4, -0.2) is 0 Å². The lowest BCUT2D eigenvalue weighted by atomic mass is 10.2. The van der Waals surface area contributed by atoms with Gasteiger partial charge in [-0.3, -0.25) is 0 Å². The van der Waals surface area contributed by atoms with E-state index in [1.807, 2.05) is 0 Å². The van der Waals surface area contributed by atoms with Crippen molar-refractivity contribution >= 4 is 12.7 Å². The van der Waals surface area contributed by atoms with Crippen LogP contribution in [0.5, 0.6) is 0 Å². The maximum atomic E-state index is 12.7. The minimum Gasteiger partial charge on any atom is -0.207 e. The SMILES string of the molecule is C=c1c(F)cc(F)cc1=CC. The first-order chi connectivity index (χ1) is 5.15. The van der Waals surface area contributed by atoms with Crippen LogP contribution in [-0.2, 0) is 0 Å². The number of hydrogen-bond donors (Lipinski definition) is 0. The molecule has 0 saturated heterocycles. The van der Waals surface area contributed by atoms with Crippen molar-refractivity contribution in [3.63, 3.8) is 0 Å². The van der Waals surface area contributed by atoms with E-state index in [9.17, 15) is 8.78 Å². The molecule has 0 aliphatic heterocycles. The summed E-state index contributed by atoms with van der Waals surface area (Å²) in [5.41, 5.74) is 0. The van der Waals surface area contributed by atoms with Gasteiger partial charge in [0.2, 0.25) is 0 Å². The number of rotatable bonds is 0. The van der Waals surface area contributed by atoms with Gasteiger partial charge in [0.15, 0.2) is 0 Å². The van der Waals surface area contributed by atoms with Crippen LogP contribution in [0.4, 0.5) is 8.78 Å². The van der Waals surface area contributed by atoms with Gasteiger partial charge < -0.3 is 0 Å². The average Bonchev–Trinajstić information content (AvgIpc) is 1.96. The molecule has 0 bridgehead atoms. The van der Waals surface area contributed by atoms with Gasteiger partial charge in [-0.05, 0) is 18.2 Å². The second kappa shape index (κ2) is 2.82. The van der Waals surface area contributed by atoms with E-state index in [0.717, 1.165) is 6.07 Å². The second-order valence-corrected chi connectivity index (χ2v) is 2.24. The highest BCUT2D eigenvalue weighted by atomic mass is 19.1. The zero-order valence-electron chi connectivity index (χ0n) is 6.20. The van der Waals surface area contributed by atoms with Gasteiger partial charge in [0, 0.05) is 11.3 Å². The van der Waals surface area contributed by atoms with E-state index in [2.05, 4.69) is 6.58 Å². The highest BCUT2D eigenvalue weighted by Crippen LogP contribution is 1.91. The molecule has 1 aromatic rings. The van der Waals surface area contributed by atoms with Gasteiger partial charge in [0.05, 0.1) is 0 Å². The minimum absolute atomic E-state index is 0.244. The summed E-state index contributed by atoms with van der Waals surface area (Å²) in [6, 6.07) is 2.08. The molecule has 0 spiro atoms. The minimum atomic E-state index is -0.599. The van der Waals surface area contributed by atoms with Crippen LogP contribution < -0.4 is 10.4 Å². The first-order valence-electron chi connectivity index (χ1n) is 3.25. The Balaban J connectivity index is 3.64. The second-order valence-electron chi connectivity index (χ2n) is 2.24. The molecule has 58 valence electrons. The normalized spacial score (nSPS) is 12.1. The van der Waals surface area contributed by atoms with Crippen LogP contribution in [0, 0.1) is 11.6 Å². The molecule has 1 rings (SSSR count). The Hall–Kier alpha value is -1.18. The van der Waals surface area contributed by atoms with Gasteiger partial charge in [-0.25, -0.2) is 8.78 Å². The molecule has 0 aliphatic rings. The quantitative estimate of drug-likeness (QED) is 0.526. The van der Waals surface area contributed by atoms with Crippen LogP contribution in [0.2, 0.25) is 0 Å². The Kier molecular flexibility index (Phi) is 2.03. The van der Waals surface area contributed by atoms with Crippen LogP contribution in [0.25, 0.3) is 12.7 Å². The van der Waals surface area contributed by atoms with Crippen molar-refractivity contribution in [2.24, 2.45) is 0 Å². The molecule has 0 N–H and O–H groups in total. The van der Waals surface area contributed by atoms with E-state index in [1.165, 1.54) is 6.07 Å². The third kappa shape index (κ3) is 1.45. The lowest BCUT2D eigenvalue weighted by Gasteiger charge is -1.91. The van der Waals surface area contributed by atoms with Crippen molar-refractivity contribution in [2.75, 3.05) is 0 Å². The Morgan fingerprint density at radius 2 is 2.00 bits per heavy atom. The molecule has 0 nitrogen and oxygen atoms in total. The largest absolute Gasteiger partial charge is 0.207 e. The van der Waals surface area contributed by atoms with Crippen molar-refractivity contribution in [3.8, 4) is 0 Å². The van der Waals surface area contributed by atoms with Gasteiger partial charge in [0.25, 0.3) is 0 Å². The summed E-state index contributed by atoms with van der Waals surface area (Å²) >= 11 is 0. The fraction of sp³-hybridized carbons (Fsp3) is 0.111. The fourth-order valence-corrected chi connectivity index (χ4v) is 0.881. The molecule has 2 heteroatoms. The third-order valence-corrected chi connectivity index (χ3v) is 1.51. The predicted molar refractivity (Wildman–Crippen MR) is 41.3 cm³/mol. The zero-order valence-corrected chi connectivity index (χ0v) is 6.20. The molecule has 11 heavy (non-hydrogen) atoms. The molecule has 1 aromatic carbocycles. The van der Waals surface area contributed by atoms with E-state index in [0.29, 0.717) is 5.22 Å². The first kappa shape index (κ1) is 7.92. The van der Waals surface area contributed by atoms with Gasteiger partial charge >= 0.3 is 0 Å². The van der Waals surface area contributed by atoms with Gasteiger partial charge in [-0.15, -0.1) is 0 Å². The maximum Gasteiger partial charge on any atom is 0.133 e. The lowest BCUT2D eigenvalue weighted by Crippen LogP contribution is -2.26. The van der Waals surface area contributed by atoms with E-state index >= 15 is 0 Å². The summed E-state index contributed by atoms with van der Waals surface area (Å²) in [6.45, 7) is 5.17. The zero-order chi connectivity index (χ0) is 8.43. The van der Waals surface area contributed by atoms with Crippen molar-refractivity contribution in [2.45, 2.75) is 6.92 Å². The summed E-state index contributed by atoms with van der Waals surface area (Å²) in [4.78, 5) is 0. The smallest absolute Gasteiger partial charge is 0.133 e. The van der Waals surface area contributed by atoms with E-state index in [4.69, 9.17) is 0 Å². The van der Waals surface area contributed by atoms with E-state index in [1.54, 1.807) is 13.0 Å². The average molecular weight is 154 g/mol. The fourth-order valence-electron chi connectivity index (χ4n) is 0.881. The van der Waals surface area contributed by atoms with Crippen LogP contribution in [0.3, 0.4) is 0 Å².